The fraction of sp³-hybridized carbons (Fsp3) is 0.385. The third-order valence-electron chi connectivity index (χ3n) is 6.15. The molecule has 2 heterocycles. The number of hydrogen-bond donors (Lipinski definition) is 4. The summed E-state index contributed by atoms with van der Waals surface area (Å²) in [6.07, 6.45) is 1.09. The number of rotatable bonds is 10. The molecule has 11 nitrogen and oxygen atoms in total. The molecule has 2 aromatic rings. The second-order valence-electron chi connectivity index (χ2n) is 8.89. The van der Waals surface area contributed by atoms with Crippen LogP contribution in [-0.4, -0.2) is 73.1 Å². The first-order chi connectivity index (χ1) is 17.8. The van der Waals surface area contributed by atoms with Gasteiger partial charge in [-0.2, -0.15) is 0 Å². The Morgan fingerprint density at radius 1 is 1.03 bits per heavy atom. The van der Waals surface area contributed by atoms with Gasteiger partial charge >= 0.3 is 0 Å². The largest absolute Gasteiger partial charge is 0.457 e. The minimum Gasteiger partial charge on any atom is -0.457 e. The van der Waals surface area contributed by atoms with Gasteiger partial charge < -0.3 is 35.5 Å². The van der Waals surface area contributed by atoms with Gasteiger partial charge in [-0.1, -0.05) is 18.2 Å². The summed E-state index contributed by atoms with van der Waals surface area (Å²) in [5.41, 5.74) is 5.72. The van der Waals surface area contributed by atoms with E-state index in [-0.39, 0.29) is 31.3 Å². The SMILES string of the molecule is N=C(N)CCCNC(=O)C1CC2(CN1C(=O)CNC(=O)c1ccc(Oc3ccccc3)cc1)OCCO2. The summed E-state index contributed by atoms with van der Waals surface area (Å²) in [6.45, 7) is 0.905. The number of carbonyl (C=O) groups excluding carboxylic acids is 3. The maximum atomic E-state index is 13.1. The van der Waals surface area contributed by atoms with Crippen LogP contribution in [0.5, 0.6) is 11.5 Å². The maximum absolute atomic E-state index is 13.1. The second kappa shape index (κ2) is 11.8. The van der Waals surface area contributed by atoms with Crippen LogP contribution >= 0.6 is 0 Å². The summed E-state index contributed by atoms with van der Waals surface area (Å²) < 4.78 is 17.2. The Bertz CT molecular complexity index is 1120. The lowest BCUT2D eigenvalue weighted by atomic mass is 10.1. The van der Waals surface area contributed by atoms with Crippen molar-refractivity contribution in [1.82, 2.24) is 15.5 Å². The predicted octanol–water partition coefficient (Wildman–Crippen LogP) is 1.39. The van der Waals surface area contributed by atoms with E-state index in [1.54, 1.807) is 24.3 Å². The Morgan fingerprint density at radius 3 is 2.38 bits per heavy atom. The molecule has 1 spiro atoms. The molecule has 0 aliphatic carbocycles. The minimum absolute atomic E-state index is 0.0488. The fourth-order valence-electron chi connectivity index (χ4n) is 4.31. The molecular weight excluding hydrogens is 478 g/mol. The van der Waals surface area contributed by atoms with Gasteiger partial charge in [0.15, 0.2) is 5.79 Å². The van der Waals surface area contributed by atoms with Crippen LogP contribution < -0.4 is 21.1 Å². The highest BCUT2D eigenvalue weighted by Gasteiger charge is 2.52. The van der Waals surface area contributed by atoms with Gasteiger partial charge in [0, 0.05) is 24.9 Å². The van der Waals surface area contributed by atoms with Crippen molar-refractivity contribution in [3.8, 4) is 11.5 Å². The molecule has 196 valence electrons. The van der Waals surface area contributed by atoms with Crippen molar-refractivity contribution in [2.75, 3.05) is 32.8 Å². The molecule has 5 N–H and O–H groups in total. The lowest BCUT2D eigenvalue weighted by Crippen LogP contribution is -2.49. The molecule has 0 aromatic heterocycles. The number of nitrogens with zero attached hydrogens (tertiary/aromatic N) is 1. The van der Waals surface area contributed by atoms with Gasteiger partial charge in [0.25, 0.3) is 5.91 Å². The van der Waals surface area contributed by atoms with Gasteiger partial charge in [-0.25, -0.2) is 0 Å². The van der Waals surface area contributed by atoms with Crippen molar-refractivity contribution < 1.29 is 28.6 Å². The highest BCUT2D eigenvalue weighted by molar-refractivity contribution is 5.97. The molecule has 3 amide bonds. The smallest absolute Gasteiger partial charge is 0.251 e. The van der Waals surface area contributed by atoms with Crippen LogP contribution in [0.15, 0.2) is 54.6 Å². The molecule has 2 aliphatic heterocycles. The van der Waals surface area contributed by atoms with Gasteiger partial charge in [-0.15, -0.1) is 0 Å². The number of benzene rings is 2. The summed E-state index contributed by atoms with van der Waals surface area (Å²) in [4.78, 5) is 40.0. The lowest BCUT2D eigenvalue weighted by Gasteiger charge is -2.24. The van der Waals surface area contributed by atoms with Crippen LogP contribution in [0.3, 0.4) is 0 Å². The molecule has 4 rings (SSSR count). The topological polar surface area (TPSA) is 156 Å². The highest BCUT2D eigenvalue weighted by Crippen LogP contribution is 2.34. The monoisotopic (exact) mass is 509 g/mol. The molecule has 11 heteroatoms. The van der Waals surface area contributed by atoms with Crippen molar-refractivity contribution in [3.05, 3.63) is 60.2 Å². The number of carbonyl (C=O) groups is 3. The van der Waals surface area contributed by atoms with Crippen molar-refractivity contribution in [3.63, 3.8) is 0 Å². The van der Waals surface area contributed by atoms with Crippen molar-refractivity contribution in [1.29, 1.82) is 5.41 Å². The number of hydrogen-bond acceptors (Lipinski definition) is 7. The summed E-state index contributed by atoms with van der Waals surface area (Å²) in [5.74, 6) is -0.892. The molecule has 0 bridgehead atoms. The number of nitrogens with one attached hydrogen (secondary N) is 3. The number of para-hydroxylation sites is 1. The first-order valence-corrected chi connectivity index (χ1v) is 12.1. The standard InChI is InChI=1S/C26H31N5O6/c27-22(28)7-4-12-29-25(34)21-15-26(35-13-14-36-26)17-31(21)23(32)16-30-24(33)18-8-10-20(11-9-18)37-19-5-2-1-3-6-19/h1-3,5-6,8-11,21H,4,7,12-17H2,(H3,27,28)(H,29,34)(H,30,33). The third-order valence-corrected chi connectivity index (χ3v) is 6.15. The summed E-state index contributed by atoms with van der Waals surface area (Å²) >= 11 is 0. The molecule has 0 radical (unpaired) electrons. The van der Waals surface area contributed by atoms with E-state index in [1.165, 1.54) is 4.90 Å². The second-order valence-corrected chi connectivity index (χ2v) is 8.89. The van der Waals surface area contributed by atoms with E-state index in [0.717, 1.165) is 0 Å². The van der Waals surface area contributed by atoms with E-state index in [4.69, 9.17) is 25.4 Å². The normalized spacial score (nSPS) is 17.9. The quantitative estimate of drug-likeness (QED) is 0.214. The van der Waals surface area contributed by atoms with E-state index in [2.05, 4.69) is 10.6 Å². The van der Waals surface area contributed by atoms with Crippen molar-refractivity contribution >= 4 is 23.6 Å². The van der Waals surface area contributed by atoms with E-state index < -0.39 is 23.6 Å². The molecule has 1 unspecified atom stereocenters. The first kappa shape index (κ1) is 26.1. The third kappa shape index (κ3) is 6.83. The Hall–Kier alpha value is -3.96. The number of amides is 3. The zero-order valence-corrected chi connectivity index (χ0v) is 20.4. The number of nitrogens with two attached hydrogens (primary N) is 1. The van der Waals surface area contributed by atoms with E-state index >= 15 is 0 Å². The van der Waals surface area contributed by atoms with Gasteiger partial charge in [0.1, 0.15) is 17.5 Å². The molecule has 1 atom stereocenters. The molecule has 2 saturated heterocycles. The average molecular weight is 510 g/mol. The number of amidine groups is 1. The van der Waals surface area contributed by atoms with Crippen molar-refractivity contribution in [2.45, 2.75) is 31.1 Å². The maximum Gasteiger partial charge on any atom is 0.251 e. The van der Waals surface area contributed by atoms with E-state index in [1.807, 2.05) is 30.3 Å². The molecule has 2 fully saturated rings. The summed E-state index contributed by atoms with van der Waals surface area (Å²) in [6, 6.07) is 15.1. The zero-order valence-electron chi connectivity index (χ0n) is 20.4. The zero-order chi connectivity index (χ0) is 26.3. The van der Waals surface area contributed by atoms with Crippen LogP contribution in [0.4, 0.5) is 0 Å². The lowest BCUT2D eigenvalue weighted by molar-refractivity contribution is -0.152. The Morgan fingerprint density at radius 2 is 1.70 bits per heavy atom. The minimum atomic E-state index is -1.02. The van der Waals surface area contributed by atoms with E-state index in [9.17, 15) is 14.4 Å². The molecular formula is C26H31N5O6. The Balaban J connectivity index is 1.32. The fourth-order valence-corrected chi connectivity index (χ4v) is 4.31. The molecule has 2 aliphatic rings. The highest BCUT2D eigenvalue weighted by atomic mass is 16.7. The average Bonchev–Trinajstić information content (AvgIpc) is 3.52. The van der Waals surface area contributed by atoms with Gasteiger partial charge in [-0.3, -0.25) is 19.8 Å². The van der Waals surface area contributed by atoms with Crippen LogP contribution in [0, 0.1) is 5.41 Å². The van der Waals surface area contributed by atoms with Crippen molar-refractivity contribution in [2.24, 2.45) is 5.73 Å². The number of ether oxygens (including phenoxy) is 3. The molecule has 37 heavy (non-hydrogen) atoms. The Labute approximate surface area is 214 Å². The predicted molar refractivity (Wildman–Crippen MR) is 134 cm³/mol. The van der Waals surface area contributed by atoms with Crippen LogP contribution in [0.1, 0.15) is 29.6 Å². The first-order valence-electron chi connectivity index (χ1n) is 12.1. The number of likely N-dealkylation sites (tertiary alicyclic amines) is 1. The van der Waals surface area contributed by atoms with Crippen LogP contribution in [0.2, 0.25) is 0 Å². The molecule has 2 aromatic carbocycles. The summed E-state index contributed by atoms with van der Waals surface area (Å²) in [7, 11) is 0. The Kier molecular flexibility index (Phi) is 8.36. The van der Waals surface area contributed by atoms with Gasteiger partial charge in [0.2, 0.25) is 11.8 Å². The van der Waals surface area contributed by atoms with E-state index in [0.29, 0.717) is 49.7 Å². The summed E-state index contributed by atoms with van der Waals surface area (Å²) in [5, 5.41) is 12.7. The van der Waals surface area contributed by atoms with Gasteiger partial charge in [-0.05, 0) is 42.8 Å². The van der Waals surface area contributed by atoms with Crippen LogP contribution in [-0.2, 0) is 19.1 Å². The molecule has 0 saturated carbocycles. The van der Waals surface area contributed by atoms with Crippen LogP contribution in [0.25, 0.3) is 0 Å². The van der Waals surface area contributed by atoms with Gasteiger partial charge in [0.05, 0.1) is 32.1 Å².